The molecule has 7 heteroatoms. The number of benzene rings is 1. The minimum atomic E-state index is -0.0121. The first-order chi connectivity index (χ1) is 16.6. The summed E-state index contributed by atoms with van der Waals surface area (Å²) in [6.07, 6.45) is 15.1. The highest BCUT2D eigenvalue weighted by atomic mass is 32.2. The van der Waals surface area contributed by atoms with Crippen molar-refractivity contribution in [2.24, 2.45) is 0 Å². The molecule has 1 aliphatic carbocycles. The molecule has 0 N–H and O–H groups in total. The van der Waals surface area contributed by atoms with Crippen molar-refractivity contribution in [2.45, 2.75) is 83.2 Å². The molecule has 3 aliphatic rings. The van der Waals surface area contributed by atoms with Gasteiger partial charge in [-0.2, -0.15) is 0 Å². The number of thiocarbonyl (C=S) groups is 1. The molecular formula is C27H36N2O3S2. The Labute approximate surface area is 213 Å². The maximum atomic E-state index is 12.9. The number of hydrogen-bond acceptors (Lipinski definition) is 5. The second-order valence-electron chi connectivity index (χ2n) is 9.53. The largest absolute Gasteiger partial charge is 0.490 e. The summed E-state index contributed by atoms with van der Waals surface area (Å²) in [7, 11) is 0. The number of likely N-dealkylation sites (tertiary alicyclic amines) is 1. The van der Waals surface area contributed by atoms with Crippen LogP contribution in [0.3, 0.4) is 0 Å². The summed E-state index contributed by atoms with van der Waals surface area (Å²) in [5.41, 5.74) is 0.979. The second-order valence-corrected chi connectivity index (χ2v) is 11.2. The van der Waals surface area contributed by atoms with Gasteiger partial charge in [-0.3, -0.25) is 14.5 Å². The van der Waals surface area contributed by atoms with Gasteiger partial charge in [-0.1, -0.05) is 49.0 Å². The van der Waals surface area contributed by atoms with E-state index in [1.807, 2.05) is 35.2 Å². The van der Waals surface area contributed by atoms with Gasteiger partial charge in [-0.25, -0.2) is 0 Å². The fourth-order valence-electron chi connectivity index (χ4n) is 4.89. The maximum Gasteiger partial charge on any atom is 0.266 e. The molecule has 0 radical (unpaired) electrons. The lowest BCUT2D eigenvalue weighted by molar-refractivity contribution is -0.132. The van der Waals surface area contributed by atoms with E-state index in [0.29, 0.717) is 28.3 Å². The van der Waals surface area contributed by atoms with Crippen LogP contribution in [-0.4, -0.2) is 51.7 Å². The molecule has 1 aromatic rings. The quantitative estimate of drug-likeness (QED) is 0.230. The summed E-state index contributed by atoms with van der Waals surface area (Å²) < 4.78 is 6.73. The molecule has 0 atom stereocenters. The van der Waals surface area contributed by atoms with E-state index in [-0.39, 0.29) is 11.8 Å². The molecule has 5 nitrogen and oxygen atoms in total. The van der Waals surface area contributed by atoms with Crippen LogP contribution in [-0.2, 0) is 9.59 Å². The van der Waals surface area contributed by atoms with Crippen LogP contribution in [0.15, 0.2) is 29.2 Å². The molecule has 0 unspecified atom stereocenters. The summed E-state index contributed by atoms with van der Waals surface area (Å²) in [5.74, 6) is 1.17. The molecule has 4 rings (SSSR count). The zero-order valence-electron chi connectivity index (χ0n) is 20.0. The number of unbranched alkanes of at least 4 members (excludes halogenated alkanes) is 2. The molecule has 1 aromatic carbocycles. The van der Waals surface area contributed by atoms with E-state index in [2.05, 4.69) is 0 Å². The summed E-state index contributed by atoms with van der Waals surface area (Å²) in [5, 5.41) is 0. The lowest BCUT2D eigenvalue weighted by Gasteiger charge is -2.26. The fourth-order valence-corrected chi connectivity index (χ4v) is 6.20. The molecular weight excluding hydrogens is 464 g/mol. The number of hydrogen-bond donors (Lipinski definition) is 0. The normalized spacial score (nSPS) is 20.9. The van der Waals surface area contributed by atoms with Crippen molar-refractivity contribution in [3.63, 3.8) is 0 Å². The summed E-state index contributed by atoms with van der Waals surface area (Å²) in [6, 6.07) is 7.99. The van der Waals surface area contributed by atoms with Crippen LogP contribution in [0.2, 0.25) is 0 Å². The third-order valence-corrected chi connectivity index (χ3v) is 8.27. The number of piperidine rings is 1. The van der Waals surface area contributed by atoms with Gasteiger partial charge in [0.15, 0.2) is 0 Å². The predicted molar refractivity (Wildman–Crippen MR) is 143 cm³/mol. The van der Waals surface area contributed by atoms with E-state index in [1.54, 1.807) is 4.90 Å². The van der Waals surface area contributed by atoms with Crippen molar-refractivity contribution in [3.05, 3.63) is 34.7 Å². The minimum absolute atomic E-state index is 0.0121. The van der Waals surface area contributed by atoms with Gasteiger partial charge < -0.3 is 9.64 Å². The molecule has 184 valence electrons. The van der Waals surface area contributed by atoms with Gasteiger partial charge in [0.05, 0.1) is 11.0 Å². The van der Waals surface area contributed by atoms with Crippen LogP contribution < -0.4 is 4.74 Å². The highest BCUT2D eigenvalue weighted by Crippen LogP contribution is 2.33. The van der Waals surface area contributed by atoms with E-state index in [9.17, 15) is 9.59 Å². The van der Waals surface area contributed by atoms with Crippen molar-refractivity contribution in [2.75, 3.05) is 19.6 Å². The molecule has 2 heterocycles. The number of ether oxygens (including phenoxy) is 1. The van der Waals surface area contributed by atoms with E-state index in [0.717, 1.165) is 69.3 Å². The monoisotopic (exact) mass is 500 g/mol. The Kier molecular flexibility index (Phi) is 9.45. The first kappa shape index (κ1) is 25.2. The zero-order chi connectivity index (χ0) is 23.8. The Bertz CT molecular complexity index is 888. The van der Waals surface area contributed by atoms with Crippen LogP contribution in [0.1, 0.15) is 82.6 Å². The van der Waals surface area contributed by atoms with Gasteiger partial charge in [0.1, 0.15) is 10.1 Å². The first-order valence-electron chi connectivity index (χ1n) is 12.9. The maximum absolute atomic E-state index is 12.9. The third-order valence-electron chi connectivity index (χ3n) is 6.89. The average Bonchev–Trinajstić information content (AvgIpc) is 3.13. The topological polar surface area (TPSA) is 49.9 Å². The Balaban J connectivity index is 1.20. The highest BCUT2D eigenvalue weighted by molar-refractivity contribution is 8.26. The van der Waals surface area contributed by atoms with Gasteiger partial charge in [-0.05, 0) is 81.6 Å². The van der Waals surface area contributed by atoms with Gasteiger partial charge in [-0.15, -0.1) is 0 Å². The van der Waals surface area contributed by atoms with Gasteiger partial charge >= 0.3 is 0 Å². The number of carbonyl (C=O) groups excluding carboxylic acids is 2. The Morgan fingerprint density at radius 3 is 2.44 bits per heavy atom. The number of amides is 2. The molecule has 1 saturated carbocycles. The smallest absolute Gasteiger partial charge is 0.266 e. The van der Waals surface area contributed by atoms with E-state index < -0.39 is 0 Å². The van der Waals surface area contributed by atoms with Crippen LogP contribution in [0, 0.1) is 0 Å². The lowest BCUT2D eigenvalue weighted by atomic mass is 9.98. The van der Waals surface area contributed by atoms with E-state index >= 15 is 0 Å². The SMILES string of the molecule is O=C(CCCCCN1C(=O)/C(=C/c2ccc(OC3CCCCC3)cc2)SC1=S)N1CCCCC1. The van der Waals surface area contributed by atoms with Crippen LogP contribution in [0.5, 0.6) is 5.75 Å². The molecule has 34 heavy (non-hydrogen) atoms. The van der Waals surface area contributed by atoms with Crippen LogP contribution in [0.25, 0.3) is 6.08 Å². The summed E-state index contributed by atoms with van der Waals surface area (Å²) >= 11 is 6.85. The molecule has 2 saturated heterocycles. The molecule has 2 amide bonds. The Morgan fingerprint density at radius 2 is 1.71 bits per heavy atom. The summed E-state index contributed by atoms with van der Waals surface area (Å²) in [4.78, 5) is 29.6. The van der Waals surface area contributed by atoms with Gasteiger partial charge in [0.2, 0.25) is 5.91 Å². The molecule has 2 aliphatic heterocycles. The van der Waals surface area contributed by atoms with E-state index in [4.69, 9.17) is 17.0 Å². The highest BCUT2D eigenvalue weighted by Gasteiger charge is 2.31. The number of thioether (sulfide) groups is 1. The predicted octanol–water partition coefficient (Wildman–Crippen LogP) is 6.17. The number of rotatable bonds is 9. The van der Waals surface area contributed by atoms with Gasteiger partial charge in [0, 0.05) is 26.1 Å². The second kappa shape index (κ2) is 12.7. The van der Waals surface area contributed by atoms with Crippen LogP contribution >= 0.6 is 24.0 Å². The van der Waals surface area contributed by atoms with Crippen molar-refractivity contribution in [1.82, 2.24) is 9.80 Å². The summed E-state index contributed by atoms with van der Waals surface area (Å²) in [6.45, 7) is 2.45. The molecule has 0 aromatic heterocycles. The van der Waals surface area contributed by atoms with E-state index in [1.165, 1.54) is 37.4 Å². The van der Waals surface area contributed by atoms with Crippen molar-refractivity contribution in [3.8, 4) is 5.75 Å². The van der Waals surface area contributed by atoms with Crippen molar-refractivity contribution < 1.29 is 14.3 Å². The Hall–Kier alpha value is -1.86. The number of nitrogens with zero attached hydrogens (tertiary/aromatic N) is 2. The minimum Gasteiger partial charge on any atom is -0.490 e. The number of carbonyl (C=O) groups is 2. The first-order valence-corrected chi connectivity index (χ1v) is 14.1. The Morgan fingerprint density at radius 1 is 1.00 bits per heavy atom. The third kappa shape index (κ3) is 7.08. The lowest BCUT2D eigenvalue weighted by Crippen LogP contribution is -2.35. The van der Waals surface area contributed by atoms with Crippen LogP contribution in [0.4, 0.5) is 0 Å². The fraction of sp³-hybridized carbons (Fsp3) is 0.593. The van der Waals surface area contributed by atoms with Crippen molar-refractivity contribution in [1.29, 1.82) is 0 Å². The average molecular weight is 501 g/mol. The molecule has 0 spiro atoms. The van der Waals surface area contributed by atoms with Gasteiger partial charge in [0.25, 0.3) is 5.91 Å². The van der Waals surface area contributed by atoms with Crippen molar-refractivity contribution >= 4 is 46.2 Å². The molecule has 0 bridgehead atoms. The molecule has 3 fully saturated rings. The standard InChI is InChI=1S/C27H36N2O3S2/c30-25(28-17-7-3-8-18-28)12-6-2-9-19-29-26(31)24(34-27(29)33)20-21-13-15-23(16-14-21)32-22-10-4-1-5-11-22/h13-16,20,22H,1-12,17-19H2/b24-20-. The zero-order valence-corrected chi connectivity index (χ0v) is 21.6.